The maximum Gasteiger partial charge on any atom is 0.0235 e. The number of halogens is 2. The minimum absolute atomic E-state index is 0.719. The molecule has 0 nitrogen and oxygen atoms in total. The molecule has 2 fully saturated rings. The van der Waals surface area contributed by atoms with Crippen LogP contribution in [0.2, 0.25) is 0 Å². The molecule has 0 saturated heterocycles. The van der Waals surface area contributed by atoms with E-state index in [0.717, 1.165) is 6.84 Å². The van der Waals surface area contributed by atoms with E-state index in [9.17, 15) is 0 Å². The monoisotopic (exact) mass is 362 g/mol. The van der Waals surface area contributed by atoms with E-state index in [4.69, 9.17) is 0 Å². The molecule has 0 aliphatic heterocycles. The highest BCUT2D eigenvalue weighted by molar-refractivity contribution is 14.1. The first-order valence-corrected chi connectivity index (χ1v) is 6.16. The maximum atomic E-state index is 2.70. The van der Waals surface area contributed by atoms with E-state index in [1.165, 1.54) is 38.5 Å². The topological polar surface area (TPSA) is 0 Å². The number of hydrogen-bond donors (Lipinski definition) is 0. The van der Waals surface area contributed by atoms with Crippen LogP contribution in [-0.4, -0.2) is 6.84 Å². The van der Waals surface area contributed by atoms with Crippen LogP contribution in [-0.2, 0) is 0 Å². The van der Waals surface area contributed by atoms with Crippen LogP contribution >= 0.6 is 45.2 Å². The predicted octanol–water partition coefficient (Wildman–Crippen LogP) is 3.70. The van der Waals surface area contributed by atoms with Gasteiger partial charge >= 0.3 is 0 Å². The molecule has 0 N–H and O–H groups in total. The molecule has 2 saturated carbocycles. The molecule has 2 unspecified atom stereocenters. The van der Waals surface area contributed by atoms with Gasteiger partial charge in [-0.1, -0.05) is 51.6 Å². The molecule has 0 radical (unpaired) electrons. The van der Waals surface area contributed by atoms with Gasteiger partial charge in [-0.05, 0) is 32.1 Å². The molecular formula is C8H12I2. The summed E-state index contributed by atoms with van der Waals surface area (Å²) < 4.78 is 1.44. The van der Waals surface area contributed by atoms with Crippen LogP contribution in [0.25, 0.3) is 0 Å². The molecule has 10 heavy (non-hydrogen) atoms. The minimum atomic E-state index is 0.719. The number of alkyl halides is 2. The SMILES string of the molecule is IC12CCCC(I)(CC1)C2. The lowest BCUT2D eigenvalue weighted by atomic mass is 9.89. The number of rotatable bonds is 0. The van der Waals surface area contributed by atoms with E-state index in [1.54, 1.807) is 0 Å². The molecule has 0 aromatic heterocycles. The molecule has 2 bridgehead atoms. The van der Waals surface area contributed by atoms with Crippen molar-refractivity contribution in [3.05, 3.63) is 0 Å². The first-order chi connectivity index (χ1) is 4.62. The van der Waals surface area contributed by atoms with Gasteiger partial charge in [-0.3, -0.25) is 0 Å². The van der Waals surface area contributed by atoms with Gasteiger partial charge in [0.25, 0.3) is 0 Å². The normalized spacial score (nSPS) is 53.4. The fourth-order valence-electron chi connectivity index (χ4n) is 2.34. The van der Waals surface area contributed by atoms with Gasteiger partial charge < -0.3 is 0 Å². The van der Waals surface area contributed by atoms with Crippen LogP contribution < -0.4 is 0 Å². The van der Waals surface area contributed by atoms with E-state index >= 15 is 0 Å². The van der Waals surface area contributed by atoms with Crippen molar-refractivity contribution >= 4 is 45.2 Å². The smallest absolute Gasteiger partial charge is 0.0235 e. The highest BCUT2D eigenvalue weighted by Crippen LogP contribution is 2.56. The fourth-order valence-corrected chi connectivity index (χ4v) is 5.83. The quantitative estimate of drug-likeness (QED) is 0.456. The fraction of sp³-hybridized carbons (Fsp3) is 1.00. The molecule has 2 heteroatoms. The minimum Gasteiger partial charge on any atom is -0.0788 e. The summed E-state index contributed by atoms with van der Waals surface area (Å²) >= 11 is 5.40. The predicted molar refractivity (Wildman–Crippen MR) is 61.2 cm³/mol. The summed E-state index contributed by atoms with van der Waals surface area (Å²) in [5, 5.41) is 0. The third-order valence-electron chi connectivity index (χ3n) is 2.90. The Morgan fingerprint density at radius 3 is 1.70 bits per heavy atom. The first-order valence-electron chi connectivity index (χ1n) is 4.00. The standard InChI is InChI=1S/C8H12I2/c9-7-2-1-3-8(10,6-7)5-4-7/h1-6H2. The van der Waals surface area contributed by atoms with Crippen molar-refractivity contribution in [2.75, 3.05) is 0 Å². The Balaban J connectivity index is 2.20. The molecule has 2 aliphatic carbocycles. The molecule has 0 aromatic rings. The summed E-state index contributed by atoms with van der Waals surface area (Å²) in [6, 6.07) is 0. The van der Waals surface area contributed by atoms with Gasteiger partial charge in [0, 0.05) is 6.84 Å². The Morgan fingerprint density at radius 2 is 1.30 bits per heavy atom. The van der Waals surface area contributed by atoms with Crippen molar-refractivity contribution in [1.29, 1.82) is 0 Å². The van der Waals surface area contributed by atoms with Crippen molar-refractivity contribution in [2.24, 2.45) is 0 Å². The zero-order chi connectivity index (χ0) is 7.24. The third kappa shape index (κ3) is 1.34. The summed E-state index contributed by atoms with van der Waals surface area (Å²) in [6.07, 6.45) is 8.90. The summed E-state index contributed by atoms with van der Waals surface area (Å²) in [7, 11) is 0. The summed E-state index contributed by atoms with van der Waals surface area (Å²) in [4.78, 5) is 0. The van der Waals surface area contributed by atoms with Crippen molar-refractivity contribution in [3.63, 3.8) is 0 Å². The van der Waals surface area contributed by atoms with Crippen molar-refractivity contribution in [1.82, 2.24) is 0 Å². The van der Waals surface area contributed by atoms with E-state index in [2.05, 4.69) is 45.2 Å². The molecule has 0 aromatic carbocycles. The van der Waals surface area contributed by atoms with Crippen molar-refractivity contribution in [3.8, 4) is 0 Å². The second-order valence-corrected chi connectivity index (χ2v) is 8.41. The zero-order valence-electron chi connectivity index (χ0n) is 6.00. The van der Waals surface area contributed by atoms with Crippen LogP contribution in [0, 0.1) is 0 Å². The van der Waals surface area contributed by atoms with E-state index < -0.39 is 0 Å². The summed E-state index contributed by atoms with van der Waals surface area (Å²) in [5.41, 5.74) is 0. The molecule has 2 rings (SSSR count). The summed E-state index contributed by atoms with van der Waals surface area (Å²) in [6.45, 7) is 0. The van der Waals surface area contributed by atoms with Crippen LogP contribution in [0.15, 0.2) is 0 Å². The van der Waals surface area contributed by atoms with Crippen molar-refractivity contribution < 1.29 is 0 Å². The molecule has 0 amide bonds. The zero-order valence-corrected chi connectivity index (χ0v) is 10.3. The third-order valence-corrected chi connectivity index (χ3v) is 5.82. The Hall–Kier alpha value is 1.46. The molecule has 0 spiro atoms. The van der Waals surface area contributed by atoms with E-state index in [-0.39, 0.29) is 0 Å². The highest BCUT2D eigenvalue weighted by Gasteiger charge is 2.47. The largest absolute Gasteiger partial charge is 0.0788 e. The average Bonchev–Trinajstić information content (AvgIpc) is 2.03. The molecule has 58 valence electrons. The Bertz CT molecular complexity index is 141. The van der Waals surface area contributed by atoms with E-state index in [0.29, 0.717) is 0 Å². The average molecular weight is 362 g/mol. The Morgan fingerprint density at radius 1 is 0.800 bits per heavy atom. The van der Waals surface area contributed by atoms with Crippen LogP contribution in [0.4, 0.5) is 0 Å². The molecular weight excluding hydrogens is 350 g/mol. The van der Waals surface area contributed by atoms with Crippen LogP contribution in [0.3, 0.4) is 0 Å². The second-order valence-electron chi connectivity index (χ2n) is 3.83. The molecule has 2 aliphatic rings. The Labute approximate surface area is 89.8 Å². The Kier molecular flexibility index (Phi) is 2.00. The molecule has 2 atom stereocenters. The van der Waals surface area contributed by atoms with Gasteiger partial charge in [-0.15, -0.1) is 0 Å². The lowest BCUT2D eigenvalue weighted by Gasteiger charge is -2.32. The van der Waals surface area contributed by atoms with Gasteiger partial charge in [0.15, 0.2) is 0 Å². The van der Waals surface area contributed by atoms with Gasteiger partial charge in [0.2, 0.25) is 0 Å². The summed E-state index contributed by atoms with van der Waals surface area (Å²) in [5.74, 6) is 0. The van der Waals surface area contributed by atoms with Gasteiger partial charge in [0.1, 0.15) is 0 Å². The van der Waals surface area contributed by atoms with Gasteiger partial charge in [0.05, 0.1) is 0 Å². The van der Waals surface area contributed by atoms with Gasteiger partial charge in [-0.2, -0.15) is 0 Å². The van der Waals surface area contributed by atoms with Gasteiger partial charge in [-0.25, -0.2) is 0 Å². The molecule has 0 heterocycles. The number of fused-ring (bicyclic) bond motifs is 2. The van der Waals surface area contributed by atoms with Crippen molar-refractivity contribution in [2.45, 2.75) is 45.4 Å². The number of hydrogen-bond acceptors (Lipinski definition) is 0. The van der Waals surface area contributed by atoms with Crippen LogP contribution in [0.5, 0.6) is 0 Å². The second kappa shape index (κ2) is 2.47. The lowest BCUT2D eigenvalue weighted by molar-refractivity contribution is 0.444. The maximum absolute atomic E-state index is 2.70. The van der Waals surface area contributed by atoms with E-state index in [1.807, 2.05) is 0 Å². The first kappa shape index (κ1) is 8.08. The lowest BCUT2D eigenvalue weighted by Crippen LogP contribution is -2.27. The van der Waals surface area contributed by atoms with Crippen LogP contribution in [0.1, 0.15) is 38.5 Å². The highest BCUT2D eigenvalue weighted by atomic mass is 127.